The molecule has 0 radical (unpaired) electrons. The van der Waals surface area contributed by atoms with E-state index in [0.717, 1.165) is 0 Å². The zero-order chi connectivity index (χ0) is 4.28. The first kappa shape index (κ1) is 9.69. The lowest BCUT2D eigenvalue weighted by atomic mass is 11.6. The van der Waals surface area contributed by atoms with Gasteiger partial charge in [0.15, 0.2) is 0 Å². The van der Waals surface area contributed by atoms with Gasteiger partial charge in [-0.2, -0.15) is 0 Å². The SMILES string of the molecule is CN[SiH](C)C.Cl. The summed E-state index contributed by atoms with van der Waals surface area (Å²) < 4.78 is 0. The Hall–Kier alpha value is 0.467. The fourth-order valence-electron chi connectivity index (χ4n) is 0. The van der Waals surface area contributed by atoms with Gasteiger partial charge in [-0.25, -0.2) is 0 Å². The Bertz CT molecular complexity index is 24.8. The number of nitrogens with one attached hydrogen (secondary N) is 1. The minimum absolute atomic E-state index is 0. The van der Waals surface area contributed by atoms with E-state index in [1.165, 1.54) is 0 Å². The summed E-state index contributed by atoms with van der Waals surface area (Å²) in [5, 5.41) is 0. The number of hydrogen-bond acceptors (Lipinski definition) is 1. The molecule has 0 aliphatic carbocycles. The van der Waals surface area contributed by atoms with Crippen molar-refractivity contribution < 1.29 is 0 Å². The molecule has 0 atom stereocenters. The van der Waals surface area contributed by atoms with Gasteiger partial charge < -0.3 is 4.98 Å². The fraction of sp³-hybridized carbons (Fsp3) is 1.00. The Labute approximate surface area is 47.2 Å². The van der Waals surface area contributed by atoms with Crippen LogP contribution in [-0.2, 0) is 0 Å². The molecule has 0 aliphatic heterocycles. The molecule has 0 bridgehead atoms. The van der Waals surface area contributed by atoms with Crippen LogP contribution in [0.2, 0.25) is 13.1 Å². The van der Waals surface area contributed by atoms with Gasteiger partial charge in [0.25, 0.3) is 0 Å². The van der Waals surface area contributed by atoms with Crippen molar-refractivity contribution in [1.82, 2.24) is 4.98 Å². The van der Waals surface area contributed by atoms with Gasteiger partial charge in [0.1, 0.15) is 8.96 Å². The van der Waals surface area contributed by atoms with Crippen LogP contribution < -0.4 is 4.98 Å². The summed E-state index contributed by atoms with van der Waals surface area (Å²) in [4.78, 5) is 3.17. The van der Waals surface area contributed by atoms with E-state index < -0.39 is 8.96 Å². The molecule has 0 saturated heterocycles. The van der Waals surface area contributed by atoms with Crippen molar-refractivity contribution in [3.05, 3.63) is 0 Å². The van der Waals surface area contributed by atoms with Crippen molar-refractivity contribution in [2.75, 3.05) is 7.05 Å². The van der Waals surface area contributed by atoms with Gasteiger partial charge in [0, 0.05) is 0 Å². The van der Waals surface area contributed by atoms with E-state index in [-0.39, 0.29) is 12.4 Å². The molecule has 0 saturated carbocycles. The van der Waals surface area contributed by atoms with Gasteiger partial charge in [-0.15, -0.1) is 12.4 Å². The van der Waals surface area contributed by atoms with E-state index in [4.69, 9.17) is 0 Å². The zero-order valence-corrected chi connectivity index (χ0v) is 6.46. The van der Waals surface area contributed by atoms with E-state index in [0.29, 0.717) is 0 Å². The van der Waals surface area contributed by atoms with Crippen molar-refractivity contribution >= 4 is 21.4 Å². The van der Waals surface area contributed by atoms with E-state index in [1.54, 1.807) is 0 Å². The molecule has 0 fully saturated rings. The Kier molecular flexibility index (Phi) is 8.83. The predicted molar refractivity (Wildman–Crippen MR) is 35.2 cm³/mol. The fourth-order valence-corrected chi connectivity index (χ4v) is 0. The van der Waals surface area contributed by atoms with E-state index in [9.17, 15) is 0 Å². The molecule has 0 rings (SSSR count). The smallest absolute Gasteiger partial charge is 0.102 e. The van der Waals surface area contributed by atoms with Crippen LogP contribution in [0.25, 0.3) is 0 Å². The highest BCUT2D eigenvalue weighted by Gasteiger charge is 1.80. The Balaban J connectivity index is 0. The van der Waals surface area contributed by atoms with Crippen molar-refractivity contribution in [1.29, 1.82) is 0 Å². The lowest BCUT2D eigenvalue weighted by molar-refractivity contribution is 1.21. The lowest BCUT2D eigenvalue weighted by Gasteiger charge is -1.92. The number of hydrogen-bond donors (Lipinski definition) is 1. The van der Waals surface area contributed by atoms with Crippen LogP contribution in [0.3, 0.4) is 0 Å². The summed E-state index contributed by atoms with van der Waals surface area (Å²) in [5.41, 5.74) is 0. The van der Waals surface area contributed by atoms with Gasteiger partial charge in [-0.1, -0.05) is 13.1 Å². The predicted octanol–water partition coefficient (Wildman–Crippen LogP) is 0.611. The van der Waals surface area contributed by atoms with Crippen LogP contribution in [0, 0.1) is 0 Å². The summed E-state index contributed by atoms with van der Waals surface area (Å²) in [6.45, 7) is 4.50. The molecule has 6 heavy (non-hydrogen) atoms. The molecular weight excluding hydrogens is 114 g/mol. The Morgan fingerprint density at radius 1 is 1.33 bits per heavy atom. The molecule has 0 aromatic carbocycles. The maximum Gasteiger partial charge on any atom is 0.102 e. The van der Waals surface area contributed by atoms with E-state index in [2.05, 4.69) is 18.1 Å². The lowest BCUT2D eigenvalue weighted by Crippen LogP contribution is -2.21. The Morgan fingerprint density at radius 3 is 1.50 bits per heavy atom. The van der Waals surface area contributed by atoms with Crippen LogP contribution >= 0.6 is 12.4 Å². The summed E-state index contributed by atoms with van der Waals surface area (Å²) in [5.74, 6) is 0. The summed E-state index contributed by atoms with van der Waals surface area (Å²) in [6, 6.07) is 0. The maximum atomic E-state index is 3.17. The second-order valence-corrected chi connectivity index (χ2v) is 4.33. The van der Waals surface area contributed by atoms with Crippen LogP contribution in [0.15, 0.2) is 0 Å². The molecule has 0 heterocycles. The standard InChI is InChI=1S/C3H11NSi.ClH/c1-4-5(2)3;/h4-5H,1-3H3;1H. The second-order valence-electron chi connectivity index (χ2n) is 1.44. The monoisotopic (exact) mass is 125 g/mol. The molecule has 0 aliphatic rings. The molecule has 0 unspecified atom stereocenters. The largest absolute Gasteiger partial charge is 0.343 e. The van der Waals surface area contributed by atoms with Gasteiger partial charge in [0.2, 0.25) is 0 Å². The van der Waals surface area contributed by atoms with Crippen LogP contribution in [-0.4, -0.2) is 16.0 Å². The highest BCUT2D eigenvalue weighted by Crippen LogP contribution is 1.62. The summed E-state index contributed by atoms with van der Waals surface area (Å²) in [6.07, 6.45) is 0. The van der Waals surface area contributed by atoms with E-state index >= 15 is 0 Å². The molecule has 0 aromatic rings. The molecule has 1 nitrogen and oxygen atoms in total. The van der Waals surface area contributed by atoms with Crippen LogP contribution in [0.4, 0.5) is 0 Å². The van der Waals surface area contributed by atoms with Crippen molar-refractivity contribution in [2.24, 2.45) is 0 Å². The van der Waals surface area contributed by atoms with Crippen LogP contribution in [0.5, 0.6) is 0 Å². The molecule has 0 aromatic heterocycles. The minimum atomic E-state index is -0.400. The van der Waals surface area contributed by atoms with Crippen LogP contribution in [0.1, 0.15) is 0 Å². The first-order chi connectivity index (χ1) is 2.27. The molecule has 3 heteroatoms. The average Bonchev–Trinajstić information content (AvgIpc) is 1.38. The molecule has 0 spiro atoms. The van der Waals surface area contributed by atoms with E-state index in [1.807, 2.05) is 7.05 Å². The molecule has 0 amide bonds. The Morgan fingerprint density at radius 2 is 1.50 bits per heavy atom. The normalized spacial score (nSPS) is 8.00. The number of halogens is 1. The van der Waals surface area contributed by atoms with Crippen molar-refractivity contribution in [2.45, 2.75) is 13.1 Å². The van der Waals surface area contributed by atoms with Gasteiger partial charge in [0.05, 0.1) is 0 Å². The topological polar surface area (TPSA) is 12.0 Å². The molecule has 40 valence electrons. The van der Waals surface area contributed by atoms with Gasteiger partial charge in [-0.3, -0.25) is 0 Å². The highest BCUT2D eigenvalue weighted by atomic mass is 35.5. The zero-order valence-electron chi connectivity index (χ0n) is 4.49. The minimum Gasteiger partial charge on any atom is -0.343 e. The van der Waals surface area contributed by atoms with Crippen molar-refractivity contribution in [3.63, 3.8) is 0 Å². The summed E-state index contributed by atoms with van der Waals surface area (Å²) in [7, 11) is 1.61. The second kappa shape index (κ2) is 5.47. The van der Waals surface area contributed by atoms with Gasteiger partial charge >= 0.3 is 0 Å². The maximum absolute atomic E-state index is 3.17. The third-order valence-electron chi connectivity index (χ3n) is 0.577. The van der Waals surface area contributed by atoms with Gasteiger partial charge in [-0.05, 0) is 7.05 Å². The summed E-state index contributed by atoms with van der Waals surface area (Å²) >= 11 is 0. The third-order valence-corrected chi connectivity index (χ3v) is 1.73. The molecule has 1 N–H and O–H groups in total. The number of rotatable bonds is 1. The molecular formula is C3H12ClNSi. The first-order valence-corrected chi connectivity index (χ1v) is 4.83. The highest BCUT2D eigenvalue weighted by molar-refractivity contribution is 6.52. The average molecular weight is 126 g/mol. The quantitative estimate of drug-likeness (QED) is 0.507. The van der Waals surface area contributed by atoms with Crippen molar-refractivity contribution in [3.8, 4) is 0 Å². The third kappa shape index (κ3) is 8.82. The first-order valence-electron chi connectivity index (χ1n) is 1.94.